The Labute approximate surface area is 150 Å². The molecule has 2 heterocycles. The van der Waals surface area contributed by atoms with Gasteiger partial charge in [0.1, 0.15) is 6.04 Å². The molecule has 0 saturated heterocycles. The quantitative estimate of drug-likeness (QED) is 0.542. The third-order valence-corrected chi connectivity index (χ3v) is 4.58. The fourth-order valence-electron chi connectivity index (χ4n) is 2.09. The van der Waals surface area contributed by atoms with Gasteiger partial charge in [-0.15, -0.1) is 5.10 Å². The Bertz CT molecular complexity index is 707. The Hall–Kier alpha value is -2.42. The molecule has 0 aromatic carbocycles. The van der Waals surface area contributed by atoms with Gasteiger partial charge in [0, 0.05) is 18.0 Å². The first kappa shape index (κ1) is 18.9. The van der Waals surface area contributed by atoms with Crippen LogP contribution in [-0.4, -0.2) is 50.9 Å². The zero-order chi connectivity index (χ0) is 18.2. The van der Waals surface area contributed by atoms with Crippen molar-refractivity contribution in [2.45, 2.75) is 31.5 Å². The van der Waals surface area contributed by atoms with E-state index < -0.39 is 12.0 Å². The van der Waals surface area contributed by atoms with Crippen LogP contribution in [0.5, 0.6) is 0 Å². The number of nitrogens with zero attached hydrogens (tertiary/aromatic N) is 3. The van der Waals surface area contributed by atoms with E-state index in [0.717, 1.165) is 12.0 Å². The summed E-state index contributed by atoms with van der Waals surface area (Å²) in [6.45, 7) is 3.85. The summed E-state index contributed by atoms with van der Waals surface area (Å²) in [5.41, 5.74) is 0.862. The van der Waals surface area contributed by atoms with E-state index in [9.17, 15) is 9.59 Å². The largest absolute Gasteiger partial charge is 0.467 e. The van der Waals surface area contributed by atoms with Crippen molar-refractivity contribution in [3.8, 4) is 11.4 Å². The second-order valence-corrected chi connectivity index (χ2v) is 6.39. The number of nitrogens with one attached hydrogen (secondary N) is 2. The van der Waals surface area contributed by atoms with Gasteiger partial charge in [-0.2, -0.15) is 0 Å². The van der Waals surface area contributed by atoms with E-state index in [1.165, 1.54) is 18.9 Å². The third-order valence-electron chi connectivity index (χ3n) is 3.74. The van der Waals surface area contributed by atoms with Gasteiger partial charge in [0.2, 0.25) is 11.1 Å². The number of aromatic amines is 1. The highest BCUT2D eigenvalue weighted by atomic mass is 32.2. The Morgan fingerprint density at radius 3 is 2.72 bits per heavy atom. The van der Waals surface area contributed by atoms with E-state index in [4.69, 9.17) is 4.74 Å². The Kier molecular flexibility index (Phi) is 6.93. The lowest BCUT2D eigenvalue weighted by atomic mass is 9.99. The highest BCUT2D eigenvalue weighted by Gasteiger charge is 2.26. The van der Waals surface area contributed by atoms with Gasteiger partial charge in [-0.25, -0.2) is 9.78 Å². The lowest BCUT2D eigenvalue weighted by molar-refractivity contribution is -0.146. The maximum absolute atomic E-state index is 12.1. The molecule has 9 heteroatoms. The van der Waals surface area contributed by atoms with Crippen molar-refractivity contribution in [2.24, 2.45) is 5.92 Å². The third kappa shape index (κ3) is 5.28. The molecule has 2 aromatic rings. The van der Waals surface area contributed by atoms with Gasteiger partial charge in [0.25, 0.3) is 0 Å². The average Bonchev–Trinajstić information content (AvgIpc) is 3.13. The molecule has 0 radical (unpaired) electrons. The van der Waals surface area contributed by atoms with Crippen LogP contribution in [-0.2, 0) is 14.3 Å². The lowest BCUT2D eigenvalue weighted by Crippen LogP contribution is -2.46. The summed E-state index contributed by atoms with van der Waals surface area (Å²) in [5.74, 6) is -0.000487. The summed E-state index contributed by atoms with van der Waals surface area (Å²) >= 11 is 1.19. The van der Waals surface area contributed by atoms with Gasteiger partial charge < -0.3 is 10.1 Å². The fourth-order valence-corrected chi connectivity index (χ4v) is 2.70. The molecule has 2 N–H and O–H groups in total. The zero-order valence-corrected chi connectivity index (χ0v) is 15.2. The molecule has 134 valence electrons. The number of aromatic nitrogens is 4. The number of esters is 1. The first-order valence-corrected chi connectivity index (χ1v) is 8.86. The number of thioether (sulfide) groups is 1. The van der Waals surface area contributed by atoms with E-state index >= 15 is 0 Å². The molecule has 25 heavy (non-hydrogen) atoms. The van der Waals surface area contributed by atoms with Crippen molar-refractivity contribution in [3.05, 3.63) is 24.5 Å². The van der Waals surface area contributed by atoms with Crippen molar-refractivity contribution in [3.63, 3.8) is 0 Å². The van der Waals surface area contributed by atoms with Crippen LogP contribution in [0, 0.1) is 5.92 Å². The van der Waals surface area contributed by atoms with Crippen LogP contribution >= 0.6 is 11.8 Å². The molecule has 2 aromatic heterocycles. The zero-order valence-electron chi connectivity index (χ0n) is 14.4. The average molecular weight is 363 g/mol. The van der Waals surface area contributed by atoms with Crippen LogP contribution in [0.1, 0.15) is 20.3 Å². The molecule has 0 aliphatic rings. The minimum atomic E-state index is -0.650. The normalized spacial score (nSPS) is 13.1. The van der Waals surface area contributed by atoms with Crippen LogP contribution < -0.4 is 5.32 Å². The van der Waals surface area contributed by atoms with Gasteiger partial charge in [-0.3, -0.25) is 14.9 Å². The molecule has 8 nitrogen and oxygen atoms in total. The van der Waals surface area contributed by atoms with E-state index in [0.29, 0.717) is 11.0 Å². The number of hydrogen-bond donors (Lipinski definition) is 2. The second-order valence-electron chi connectivity index (χ2n) is 5.45. The Balaban J connectivity index is 1.91. The van der Waals surface area contributed by atoms with Gasteiger partial charge in [-0.1, -0.05) is 32.0 Å². The predicted octanol–water partition coefficient (Wildman–Crippen LogP) is 1.66. The topological polar surface area (TPSA) is 110 Å². The smallest absolute Gasteiger partial charge is 0.328 e. The summed E-state index contributed by atoms with van der Waals surface area (Å²) < 4.78 is 4.76. The number of amides is 1. The fraction of sp³-hybridized carbons (Fsp3) is 0.438. The molecular weight excluding hydrogens is 342 g/mol. The number of hydrogen-bond acceptors (Lipinski definition) is 7. The lowest BCUT2D eigenvalue weighted by Gasteiger charge is -2.21. The molecule has 0 spiro atoms. The molecule has 0 aliphatic carbocycles. The van der Waals surface area contributed by atoms with Crippen LogP contribution in [0.25, 0.3) is 11.4 Å². The van der Waals surface area contributed by atoms with Crippen molar-refractivity contribution in [1.29, 1.82) is 0 Å². The van der Waals surface area contributed by atoms with E-state index in [2.05, 4.69) is 25.5 Å². The van der Waals surface area contributed by atoms with Crippen LogP contribution in [0.4, 0.5) is 0 Å². The van der Waals surface area contributed by atoms with Crippen molar-refractivity contribution in [1.82, 2.24) is 25.5 Å². The standard InChI is InChI=1S/C16H21N5O3S/c1-4-10(2)13(15(23)24-3)18-12(22)9-25-16-19-14(20-21-16)11-5-7-17-8-6-11/h5-8,10,13H,4,9H2,1-3H3,(H,18,22)(H,19,20,21)/t10-,13-/m0/s1. The molecule has 0 fully saturated rings. The maximum atomic E-state index is 12.1. The number of carbonyl (C=O) groups is 2. The van der Waals surface area contributed by atoms with E-state index in [1.54, 1.807) is 12.4 Å². The van der Waals surface area contributed by atoms with Crippen LogP contribution in [0.2, 0.25) is 0 Å². The molecule has 2 rings (SSSR count). The van der Waals surface area contributed by atoms with Gasteiger partial charge >= 0.3 is 5.97 Å². The number of rotatable bonds is 8. The molecule has 0 aliphatic heterocycles. The van der Waals surface area contributed by atoms with Crippen molar-refractivity contribution < 1.29 is 14.3 Å². The SMILES string of the molecule is CC[C@H](C)[C@H](NC(=O)CSc1n[nH]c(-c2ccncc2)n1)C(=O)OC. The van der Waals surface area contributed by atoms with Crippen molar-refractivity contribution >= 4 is 23.6 Å². The summed E-state index contributed by atoms with van der Waals surface area (Å²) in [4.78, 5) is 32.2. The number of pyridine rings is 1. The molecule has 0 saturated carbocycles. The summed E-state index contributed by atoms with van der Waals surface area (Å²) in [6, 6.07) is 2.98. The first-order chi connectivity index (χ1) is 12.0. The molecule has 0 bridgehead atoms. The summed E-state index contributed by atoms with van der Waals surface area (Å²) in [7, 11) is 1.31. The van der Waals surface area contributed by atoms with Crippen LogP contribution in [0.3, 0.4) is 0 Å². The first-order valence-electron chi connectivity index (χ1n) is 7.88. The monoisotopic (exact) mass is 363 g/mol. The van der Waals surface area contributed by atoms with Crippen molar-refractivity contribution in [2.75, 3.05) is 12.9 Å². The van der Waals surface area contributed by atoms with E-state index in [1.807, 2.05) is 26.0 Å². The number of H-pyrrole nitrogens is 1. The summed E-state index contributed by atoms with van der Waals surface area (Å²) in [5, 5.41) is 10.1. The maximum Gasteiger partial charge on any atom is 0.328 e. The molecular formula is C16H21N5O3S. The molecule has 1 amide bonds. The minimum Gasteiger partial charge on any atom is -0.467 e. The number of carbonyl (C=O) groups excluding carboxylic acids is 2. The Morgan fingerprint density at radius 2 is 2.08 bits per heavy atom. The Morgan fingerprint density at radius 1 is 1.36 bits per heavy atom. The highest BCUT2D eigenvalue weighted by Crippen LogP contribution is 2.18. The van der Waals surface area contributed by atoms with Gasteiger partial charge in [0.05, 0.1) is 12.9 Å². The summed E-state index contributed by atoms with van der Waals surface area (Å²) in [6.07, 6.45) is 4.09. The number of methoxy groups -OCH3 is 1. The van der Waals surface area contributed by atoms with Crippen LogP contribution in [0.15, 0.2) is 29.7 Å². The molecule has 2 atom stereocenters. The van der Waals surface area contributed by atoms with Gasteiger partial charge in [0.15, 0.2) is 5.82 Å². The number of ether oxygens (including phenoxy) is 1. The minimum absolute atomic E-state index is 0.0109. The van der Waals surface area contributed by atoms with E-state index in [-0.39, 0.29) is 17.6 Å². The highest BCUT2D eigenvalue weighted by molar-refractivity contribution is 7.99. The second kappa shape index (κ2) is 9.16. The predicted molar refractivity (Wildman–Crippen MR) is 93.7 cm³/mol. The van der Waals surface area contributed by atoms with Gasteiger partial charge in [-0.05, 0) is 18.1 Å². The molecule has 0 unspecified atom stereocenters.